The summed E-state index contributed by atoms with van der Waals surface area (Å²) < 4.78 is 24.8. The maximum atomic E-state index is 11.5. The molecule has 8 heteroatoms. The van der Waals surface area contributed by atoms with E-state index in [2.05, 4.69) is 20.4 Å². The third kappa shape index (κ3) is 2.96. The van der Waals surface area contributed by atoms with Gasteiger partial charge in [0, 0.05) is 24.0 Å². The first-order chi connectivity index (χ1) is 11.6. The SMILES string of the molecule is O=S1(=O)CCC(Nc2ccc3ncc(-c4ccncc4)n3n2)CC1. The van der Waals surface area contributed by atoms with Gasteiger partial charge in [-0.2, -0.15) is 0 Å². The first-order valence-electron chi connectivity index (χ1n) is 7.83. The highest BCUT2D eigenvalue weighted by Crippen LogP contribution is 2.21. The van der Waals surface area contributed by atoms with E-state index in [4.69, 9.17) is 0 Å². The molecule has 0 aliphatic carbocycles. The molecule has 1 N–H and O–H groups in total. The fourth-order valence-electron chi connectivity index (χ4n) is 2.91. The Morgan fingerprint density at radius 3 is 2.58 bits per heavy atom. The van der Waals surface area contributed by atoms with Crippen molar-refractivity contribution in [3.05, 3.63) is 42.9 Å². The van der Waals surface area contributed by atoms with Gasteiger partial charge in [0.15, 0.2) is 5.65 Å². The molecule has 0 radical (unpaired) electrons. The second-order valence-corrected chi connectivity index (χ2v) is 8.24. The molecule has 0 bridgehead atoms. The molecule has 1 saturated heterocycles. The molecule has 0 atom stereocenters. The van der Waals surface area contributed by atoms with E-state index in [9.17, 15) is 8.42 Å². The molecule has 3 aromatic rings. The average molecular weight is 343 g/mol. The summed E-state index contributed by atoms with van der Waals surface area (Å²) in [4.78, 5) is 8.41. The van der Waals surface area contributed by atoms with Crippen LogP contribution in [0.1, 0.15) is 12.8 Å². The van der Waals surface area contributed by atoms with E-state index < -0.39 is 9.84 Å². The molecule has 1 aliphatic heterocycles. The normalized spacial score (nSPS) is 17.8. The number of fused-ring (bicyclic) bond motifs is 1. The molecule has 0 spiro atoms. The Bertz CT molecular complexity index is 955. The van der Waals surface area contributed by atoms with E-state index >= 15 is 0 Å². The van der Waals surface area contributed by atoms with Crippen molar-refractivity contribution < 1.29 is 8.42 Å². The Morgan fingerprint density at radius 2 is 1.83 bits per heavy atom. The quantitative estimate of drug-likeness (QED) is 0.780. The molecule has 1 aliphatic rings. The number of imidazole rings is 1. The Labute approximate surface area is 139 Å². The summed E-state index contributed by atoms with van der Waals surface area (Å²) in [5.41, 5.74) is 2.65. The smallest absolute Gasteiger partial charge is 0.154 e. The summed E-state index contributed by atoms with van der Waals surface area (Å²) in [6, 6.07) is 7.74. The van der Waals surface area contributed by atoms with Crippen molar-refractivity contribution >= 4 is 21.3 Å². The minimum Gasteiger partial charge on any atom is -0.366 e. The van der Waals surface area contributed by atoms with Crippen LogP contribution in [-0.4, -0.2) is 45.5 Å². The van der Waals surface area contributed by atoms with Gasteiger partial charge in [-0.15, -0.1) is 5.10 Å². The van der Waals surface area contributed by atoms with E-state index in [1.807, 2.05) is 24.3 Å². The van der Waals surface area contributed by atoms with Gasteiger partial charge in [-0.25, -0.2) is 17.9 Å². The number of sulfone groups is 1. The number of aromatic nitrogens is 4. The third-order valence-corrected chi connectivity index (χ3v) is 5.96. The van der Waals surface area contributed by atoms with Crippen LogP contribution in [-0.2, 0) is 9.84 Å². The zero-order chi connectivity index (χ0) is 16.6. The first-order valence-corrected chi connectivity index (χ1v) is 9.65. The molecule has 1 fully saturated rings. The predicted octanol–water partition coefficient (Wildman–Crippen LogP) is 1.78. The van der Waals surface area contributed by atoms with Crippen molar-refractivity contribution in [3.63, 3.8) is 0 Å². The molecule has 7 nitrogen and oxygen atoms in total. The summed E-state index contributed by atoms with van der Waals surface area (Å²) in [6.07, 6.45) is 6.49. The van der Waals surface area contributed by atoms with Crippen molar-refractivity contribution in [2.45, 2.75) is 18.9 Å². The van der Waals surface area contributed by atoms with Crippen molar-refractivity contribution in [2.75, 3.05) is 16.8 Å². The summed E-state index contributed by atoms with van der Waals surface area (Å²) in [5, 5.41) is 7.96. The minimum atomic E-state index is -2.86. The fourth-order valence-corrected chi connectivity index (χ4v) is 4.40. The molecule has 0 unspecified atom stereocenters. The van der Waals surface area contributed by atoms with Gasteiger partial charge in [-0.3, -0.25) is 4.98 Å². The van der Waals surface area contributed by atoms with E-state index in [-0.39, 0.29) is 17.5 Å². The molecule has 124 valence electrons. The van der Waals surface area contributed by atoms with E-state index in [1.54, 1.807) is 23.1 Å². The lowest BCUT2D eigenvalue weighted by molar-refractivity contribution is 0.558. The van der Waals surface area contributed by atoms with Crippen LogP contribution in [0.4, 0.5) is 5.82 Å². The molecule has 3 aromatic heterocycles. The Balaban J connectivity index is 1.61. The van der Waals surface area contributed by atoms with Crippen molar-refractivity contribution in [3.8, 4) is 11.3 Å². The fraction of sp³-hybridized carbons (Fsp3) is 0.312. The summed E-state index contributed by atoms with van der Waals surface area (Å²) in [5.74, 6) is 1.20. The highest BCUT2D eigenvalue weighted by Gasteiger charge is 2.23. The van der Waals surface area contributed by atoms with E-state index in [0.717, 1.165) is 22.7 Å². The van der Waals surface area contributed by atoms with Crippen LogP contribution in [0.3, 0.4) is 0 Å². The number of nitrogens with one attached hydrogen (secondary N) is 1. The van der Waals surface area contributed by atoms with Crippen molar-refractivity contribution in [2.24, 2.45) is 0 Å². The summed E-state index contributed by atoms with van der Waals surface area (Å²) >= 11 is 0. The monoisotopic (exact) mass is 343 g/mol. The zero-order valence-electron chi connectivity index (χ0n) is 13.0. The van der Waals surface area contributed by atoms with E-state index in [0.29, 0.717) is 12.8 Å². The standard InChI is InChI=1S/C16H17N5O2S/c22-24(23)9-5-13(6-10-24)19-15-1-2-16-18-11-14(21(16)20-15)12-3-7-17-8-4-12/h1-4,7-8,11,13H,5-6,9-10H2,(H,19,20). The molecular formula is C16H17N5O2S. The van der Waals surface area contributed by atoms with Crippen LogP contribution in [0.15, 0.2) is 42.9 Å². The van der Waals surface area contributed by atoms with Gasteiger partial charge < -0.3 is 5.32 Å². The van der Waals surface area contributed by atoms with Crippen molar-refractivity contribution in [1.82, 2.24) is 19.6 Å². The topological polar surface area (TPSA) is 89.2 Å². The first kappa shape index (κ1) is 15.1. The second-order valence-electron chi connectivity index (χ2n) is 5.94. The lowest BCUT2D eigenvalue weighted by atomic mass is 10.1. The Kier molecular flexibility index (Phi) is 3.68. The van der Waals surface area contributed by atoms with Gasteiger partial charge in [0.05, 0.1) is 23.4 Å². The van der Waals surface area contributed by atoms with Gasteiger partial charge in [0.25, 0.3) is 0 Å². The van der Waals surface area contributed by atoms with Crippen molar-refractivity contribution in [1.29, 1.82) is 0 Å². The second kappa shape index (κ2) is 5.86. The van der Waals surface area contributed by atoms with Gasteiger partial charge in [0.1, 0.15) is 15.7 Å². The lowest BCUT2D eigenvalue weighted by Gasteiger charge is -2.23. The molecule has 0 saturated carbocycles. The van der Waals surface area contributed by atoms with Crippen LogP contribution in [0.2, 0.25) is 0 Å². The van der Waals surface area contributed by atoms with Gasteiger partial charge in [-0.1, -0.05) is 0 Å². The minimum absolute atomic E-state index is 0.131. The van der Waals surface area contributed by atoms with Crippen LogP contribution in [0.25, 0.3) is 16.9 Å². The van der Waals surface area contributed by atoms with Crippen LogP contribution in [0.5, 0.6) is 0 Å². The number of nitrogens with zero attached hydrogens (tertiary/aromatic N) is 4. The largest absolute Gasteiger partial charge is 0.366 e. The van der Waals surface area contributed by atoms with Gasteiger partial charge in [0.2, 0.25) is 0 Å². The molecule has 0 amide bonds. The molecule has 4 rings (SSSR count). The van der Waals surface area contributed by atoms with Gasteiger partial charge >= 0.3 is 0 Å². The summed E-state index contributed by atoms with van der Waals surface area (Å²) in [7, 11) is -2.86. The summed E-state index contributed by atoms with van der Waals surface area (Å²) in [6.45, 7) is 0. The zero-order valence-corrected chi connectivity index (χ0v) is 13.8. The lowest BCUT2D eigenvalue weighted by Crippen LogP contribution is -2.32. The third-order valence-electron chi connectivity index (χ3n) is 4.25. The molecule has 0 aromatic carbocycles. The highest BCUT2D eigenvalue weighted by atomic mass is 32.2. The number of anilines is 1. The van der Waals surface area contributed by atoms with Crippen LogP contribution in [0, 0.1) is 0 Å². The maximum absolute atomic E-state index is 11.5. The van der Waals surface area contributed by atoms with Gasteiger partial charge in [-0.05, 0) is 37.1 Å². The molecular weight excluding hydrogens is 326 g/mol. The average Bonchev–Trinajstić information content (AvgIpc) is 3.01. The highest BCUT2D eigenvalue weighted by molar-refractivity contribution is 7.91. The Hall–Kier alpha value is -2.48. The molecule has 24 heavy (non-hydrogen) atoms. The molecule has 4 heterocycles. The number of hydrogen-bond donors (Lipinski definition) is 1. The number of rotatable bonds is 3. The van der Waals surface area contributed by atoms with Crippen LogP contribution < -0.4 is 5.32 Å². The van der Waals surface area contributed by atoms with E-state index in [1.165, 1.54) is 0 Å². The van der Waals surface area contributed by atoms with Crippen LogP contribution >= 0.6 is 0 Å². The Morgan fingerprint density at radius 1 is 1.08 bits per heavy atom. The predicted molar refractivity (Wildman–Crippen MR) is 91.5 cm³/mol. The number of hydrogen-bond acceptors (Lipinski definition) is 6. The number of pyridine rings is 1. The maximum Gasteiger partial charge on any atom is 0.154 e.